The van der Waals surface area contributed by atoms with Gasteiger partial charge in [-0.2, -0.15) is 32.1 Å². The van der Waals surface area contributed by atoms with Crippen LogP contribution in [0.15, 0.2) is 42.6 Å². The first-order valence-electron chi connectivity index (χ1n) is 17.3. The third-order valence-electron chi connectivity index (χ3n) is 9.86. The number of aromatic nitrogens is 6. The number of alkyl halides is 5. The summed E-state index contributed by atoms with van der Waals surface area (Å²) in [6.07, 6.45) is -3.09. The van der Waals surface area contributed by atoms with Crippen LogP contribution in [0.5, 0.6) is 0 Å². The summed E-state index contributed by atoms with van der Waals surface area (Å²) >= 11 is 0. The number of morpholine rings is 1. The highest BCUT2D eigenvalue weighted by Crippen LogP contribution is 2.58. The van der Waals surface area contributed by atoms with Crippen molar-refractivity contribution in [1.29, 1.82) is 0 Å². The van der Waals surface area contributed by atoms with E-state index in [1.54, 1.807) is 30.1 Å². The van der Waals surface area contributed by atoms with E-state index in [2.05, 4.69) is 37.1 Å². The molecule has 0 saturated carbocycles. The van der Waals surface area contributed by atoms with E-state index >= 15 is 8.78 Å². The van der Waals surface area contributed by atoms with Crippen LogP contribution in [0.25, 0.3) is 22.0 Å². The highest BCUT2D eigenvalue weighted by molar-refractivity contribution is 7.92. The summed E-state index contributed by atoms with van der Waals surface area (Å²) < 4.78 is 137. The Balaban J connectivity index is 1.26. The van der Waals surface area contributed by atoms with E-state index < -0.39 is 81.0 Å². The monoisotopic (exact) mass is 817 g/mol. The van der Waals surface area contributed by atoms with Crippen molar-refractivity contribution in [3.63, 3.8) is 0 Å². The molecule has 4 heterocycles. The zero-order valence-corrected chi connectivity index (χ0v) is 30.7. The van der Waals surface area contributed by atoms with Gasteiger partial charge in [0.25, 0.3) is 0 Å². The molecule has 0 unspecified atom stereocenters. The van der Waals surface area contributed by atoms with Gasteiger partial charge in [0, 0.05) is 54.5 Å². The zero-order chi connectivity index (χ0) is 40.6. The molecule has 3 aliphatic rings. The molecule has 2 aliphatic carbocycles. The minimum Gasteiger partial charge on any atom is -0.378 e. The molecule has 298 valence electrons. The van der Waals surface area contributed by atoms with Gasteiger partial charge in [-0.3, -0.25) is 18.9 Å². The maximum Gasteiger partial charge on any atom is 0.435 e. The van der Waals surface area contributed by atoms with Crippen molar-refractivity contribution in [2.45, 2.75) is 37.0 Å². The second-order valence-electron chi connectivity index (χ2n) is 13.9. The Bertz CT molecular complexity index is 2610. The first-order chi connectivity index (χ1) is 26.9. The fourth-order valence-corrected chi connectivity index (χ4v) is 8.02. The molecule has 2 aromatic carbocycles. The molecule has 5 aromatic rings. The molecule has 1 saturated heterocycles. The van der Waals surface area contributed by atoms with E-state index in [1.165, 1.54) is 10.9 Å². The number of fused-ring (bicyclic) bond motifs is 4. The van der Waals surface area contributed by atoms with Crippen LogP contribution < -0.4 is 14.9 Å². The number of para-hydroxylation sites is 1. The number of sulfonamides is 1. The lowest BCUT2D eigenvalue weighted by Gasteiger charge is -2.29. The number of carbonyl (C=O) groups is 1. The van der Waals surface area contributed by atoms with Crippen LogP contribution in [0.1, 0.15) is 40.2 Å². The first-order valence-corrected chi connectivity index (χ1v) is 19.2. The minimum atomic E-state index is -5.13. The Morgan fingerprint density at radius 3 is 2.44 bits per heavy atom. The van der Waals surface area contributed by atoms with E-state index in [9.17, 15) is 35.2 Å². The van der Waals surface area contributed by atoms with Crippen LogP contribution >= 0.6 is 0 Å². The third-order valence-corrected chi connectivity index (χ3v) is 10.4. The number of nitrogens with one attached hydrogen (secondary N) is 2. The number of rotatable bonds is 10. The number of ether oxygens (including phenoxy) is 1. The van der Waals surface area contributed by atoms with Crippen molar-refractivity contribution in [3.8, 4) is 23.0 Å². The second-order valence-corrected chi connectivity index (χ2v) is 15.6. The van der Waals surface area contributed by atoms with Crippen LogP contribution in [0.3, 0.4) is 0 Å². The molecule has 0 radical (unpaired) electrons. The SMILES string of the molecule is Cn1nc(NS(C)(=O)=O)c2cccc(-c3cnc(N4CCOCC4)nc3[C@H](Cc3cc(F)cc(F)c3)NC(=O)Cn3nc(C(F)(F)F)c4c3C(F)(F)[C@@H]3C#C[C@H]43)c21. The average Bonchev–Trinajstić information content (AvgIpc) is 3.68. The van der Waals surface area contributed by atoms with Crippen molar-refractivity contribution in [3.05, 3.63) is 82.4 Å². The summed E-state index contributed by atoms with van der Waals surface area (Å²) in [4.78, 5) is 25.2. The zero-order valence-electron chi connectivity index (χ0n) is 29.8. The van der Waals surface area contributed by atoms with Gasteiger partial charge in [0.1, 0.15) is 29.8 Å². The molecule has 3 atom stereocenters. The predicted octanol–water partition coefficient (Wildman–Crippen LogP) is 4.65. The van der Waals surface area contributed by atoms with Crippen LogP contribution in [-0.2, 0) is 51.7 Å². The summed E-state index contributed by atoms with van der Waals surface area (Å²) in [5, 5.41) is 10.8. The van der Waals surface area contributed by atoms with Crippen molar-refractivity contribution < 1.29 is 48.7 Å². The number of hydrogen-bond donors (Lipinski definition) is 2. The maximum absolute atomic E-state index is 15.5. The van der Waals surface area contributed by atoms with E-state index in [0.29, 0.717) is 53.5 Å². The summed E-state index contributed by atoms with van der Waals surface area (Å²) in [5.41, 5.74) is -2.32. The Hall–Kier alpha value is -5.75. The smallest absolute Gasteiger partial charge is 0.378 e. The molecule has 0 bridgehead atoms. The minimum absolute atomic E-state index is 0.00460. The molecule has 13 nitrogen and oxygen atoms in total. The fraction of sp³-hybridized carbons (Fsp3) is 0.361. The van der Waals surface area contributed by atoms with Crippen LogP contribution in [-0.4, -0.2) is 76.4 Å². The Morgan fingerprint density at radius 1 is 1.07 bits per heavy atom. The van der Waals surface area contributed by atoms with Gasteiger partial charge in [0.2, 0.25) is 21.9 Å². The summed E-state index contributed by atoms with van der Waals surface area (Å²) in [6, 6.07) is 6.21. The number of halogens is 7. The van der Waals surface area contributed by atoms with Crippen LogP contribution in [0.4, 0.5) is 42.5 Å². The molecule has 21 heteroatoms. The summed E-state index contributed by atoms with van der Waals surface area (Å²) in [7, 11) is -2.22. The Kier molecular flexibility index (Phi) is 9.18. The lowest BCUT2D eigenvalue weighted by atomic mass is 9.84. The molecule has 1 amide bonds. The van der Waals surface area contributed by atoms with Gasteiger partial charge in [-0.1, -0.05) is 24.0 Å². The fourth-order valence-electron chi connectivity index (χ4n) is 7.52. The topological polar surface area (TPSA) is 149 Å². The number of aryl methyl sites for hydroxylation is 1. The van der Waals surface area contributed by atoms with Gasteiger partial charge in [-0.25, -0.2) is 27.2 Å². The third kappa shape index (κ3) is 7.00. The predicted molar refractivity (Wildman–Crippen MR) is 189 cm³/mol. The van der Waals surface area contributed by atoms with Gasteiger partial charge in [-0.15, -0.1) is 0 Å². The molecule has 3 aromatic heterocycles. The molecule has 1 fully saturated rings. The average molecular weight is 818 g/mol. The number of carbonyl (C=O) groups excluding carboxylic acids is 1. The standard InChI is InChI=1S/C36H30F7N9O4S/c1-50-30-21(4-3-5-23(30)33(48-50)49-57(2,54)55)24-16-44-34(51-8-10-56-11-9-51)46-29(24)26(14-18-12-19(37)15-20(38)13-18)45-27(53)17-52-32-28(31(47-52)36(41,42)43)22-6-7-25(22)35(32,39)40/h3-5,12-13,15-16,22,25-26H,8-11,14,17H2,1-2H3,(H,45,53)(H,48,49)/t22-,25+,26-/m0/s1. The van der Waals surface area contributed by atoms with Crippen molar-refractivity contribution in [2.24, 2.45) is 13.0 Å². The van der Waals surface area contributed by atoms with Crippen molar-refractivity contribution in [1.82, 2.24) is 34.8 Å². The molecule has 57 heavy (non-hydrogen) atoms. The van der Waals surface area contributed by atoms with Crippen LogP contribution in [0, 0.1) is 29.4 Å². The molecular weight excluding hydrogens is 788 g/mol. The van der Waals surface area contributed by atoms with E-state index in [4.69, 9.17) is 9.72 Å². The van der Waals surface area contributed by atoms with E-state index in [0.717, 1.165) is 18.4 Å². The first kappa shape index (κ1) is 38.1. The van der Waals surface area contributed by atoms with Gasteiger partial charge in [0.05, 0.1) is 42.6 Å². The van der Waals surface area contributed by atoms with Gasteiger partial charge in [-0.05, 0) is 30.2 Å². The number of hydrogen-bond acceptors (Lipinski definition) is 9. The molecule has 2 N–H and O–H groups in total. The van der Waals surface area contributed by atoms with E-state index in [1.807, 2.05) is 0 Å². The summed E-state index contributed by atoms with van der Waals surface area (Å²) in [5.74, 6) is -5.16. The number of benzene rings is 2. The molecular formula is C36H30F7N9O4S. The maximum atomic E-state index is 15.5. The van der Waals surface area contributed by atoms with Gasteiger partial charge >= 0.3 is 12.1 Å². The molecule has 1 aliphatic heterocycles. The number of nitrogens with zero attached hydrogens (tertiary/aromatic N) is 7. The number of amides is 1. The van der Waals surface area contributed by atoms with Gasteiger partial charge in [0.15, 0.2) is 11.5 Å². The summed E-state index contributed by atoms with van der Waals surface area (Å²) in [6.45, 7) is 0.303. The van der Waals surface area contributed by atoms with Crippen molar-refractivity contribution >= 4 is 38.6 Å². The Morgan fingerprint density at radius 2 is 1.79 bits per heavy atom. The normalized spacial score (nSPS) is 19.0. The van der Waals surface area contributed by atoms with Gasteiger partial charge < -0.3 is 15.0 Å². The van der Waals surface area contributed by atoms with Crippen LogP contribution in [0.2, 0.25) is 0 Å². The number of anilines is 2. The van der Waals surface area contributed by atoms with Crippen molar-refractivity contribution in [2.75, 3.05) is 42.2 Å². The second kappa shape index (κ2) is 13.7. The lowest BCUT2D eigenvalue weighted by molar-refractivity contribution is -0.142. The molecule has 0 spiro atoms. The van der Waals surface area contributed by atoms with E-state index in [-0.39, 0.29) is 35.0 Å². The quantitative estimate of drug-likeness (QED) is 0.152. The highest BCUT2D eigenvalue weighted by atomic mass is 32.2. The lowest BCUT2D eigenvalue weighted by Crippen LogP contribution is -2.38. The Labute approximate surface area is 319 Å². The highest BCUT2D eigenvalue weighted by Gasteiger charge is 2.62. The largest absolute Gasteiger partial charge is 0.435 e. The molecule has 8 rings (SSSR count).